The van der Waals surface area contributed by atoms with Crippen molar-refractivity contribution in [2.24, 2.45) is 0 Å². The van der Waals surface area contributed by atoms with E-state index >= 15 is 0 Å². The van der Waals surface area contributed by atoms with Crippen LogP contribution in [0.1, 0.15) is 50.8 Å². The number of nitrogens with one attached hydrogen (secondary N) is 1. The van der Waals surface area contributed by atoms with Gasteiger partial charge in [-0.05, 0) is 54.4 Å². The zero-order valence-corrected chi connectivity index (χ0v) is 18.9. The zero-order chi connectivity index (χ0) is 23.3. The van der Waals surface area contributed by atoms with E-state index < -0.39 is 6.36 Å². The molecule has 0 aliphatic carbocycles. The molecule has 0 bridgehead atoms. The van der Waals surface area contributed by atoms with Crippen LogP contribution in [0.4, 0.5) is 13.2 Å². The number of methoxy groups -OCH3 is 1. The van der Waals surface area contributed by atoms with Gasteiger partial charge in [-0.15, -0.1) is 13.2 Å². The molecule has 2 rings (SSSR count). The highest BCUT2D eigenvalue weighted by atomic mass is 19.4. The van der Waals surface area contributed by atoms with Crippen LogP contribution in [0.15, 0.2) is 30.3 Å². The predicted molar refractivity (Wildman–Crippen MR) is 116 cm³/mol. The van der Waals surface area contributed by atoms with Crippen LogP contribution in [-0.4, -0.2) is 25.6 Å². The Labute approximate surface area is 178 Å². The second-order valence-electron chi connectivity index (χ2n) is 6.19. The molecule has 0 saturated heterocycles. The van der Waals surface area contributed by atoms with E-state index in [9.17, 15) is 18.3 Å². The summed E-state index contributed by atoms with van der Waals surface area (Å²) in [4.78, 5) is 0. The standard InChI is InChI=1S/C18H20F3NO3.C3H8.C2H6/c1-11-15(8-13(9-22-2)16(10-23)17(11)24-3)12-4-6-14(7-5-12)25-18(19,20)21;1-3-2;1-2/h4-8,22-23H,9-10H2,1-3H3;3H2,1-2H3;1-2H3. The van der Waals surface area contributed by atoms with Crippen LogP contribution in [0.2, 0.25) is 0 Å². The van der Waals surface area contributed by atoms with Gasteiger partial charge in [0.05, 0.1) is 13.7 Å². The molecular weight excluding hydrogens is 395 g/mol. The number of halogens is 3. The summed E-state index contributed by atoms with van der Waals surface area (Å²) in [5.41, 5.74) is 3.90. The Morgan fingerprint density at radius 1 is 1.07 bits per heavy atom. The number of rotatable bonds is 6. The maximum absolute atomic E-state index is 12.3. The summed E-state index contributed by atoms with van der Waals surface area (Å²) in [5.74, 6) is 0.296. The van der Waals surface area contributed by atoms with E-state index in [1.165, 1.54) is 25.7 Å². The zero-order valence-electron chi connectivity index (χ0n) is 18.9. The van der Waals surface area contributed by atoms with Gasteiger partial charge >= 0.3 is 6.36 Å². The molecule has 170 valence electrons. The lowest BCUT2D eigenvalue weighted by Gasteiger charge is -2.19. The maximum Gasteiger partial charge on any atom is 0.573 e. The molecule has 0 heterocycles. The van der Waals surface area contributed by atoms with Crippen molar-refractivity contribution < 1.29 is 27.8 Å². The quantitative estimate of drug-likeness (QED) is 0.572. The van der Waals surface area contributed by atoms with Crippen molar-refractivity contribution in [3.8, 4) is 22.6 Å². The van der Waals surface area contributed by atoms with Gasteiger partial charge < -0.3 is 19.9 Å². The fourth-order valence-electron chi connectivity index (χ4n) is 2.80. The Morgan fingerprint density at radius 2 is 1.60 bits per heavy atom. The Bertz CT molecular complexity index is 745. The minimum atomic E-state index is -4.72. The third-order valence-corrected chi connectivity index (χ3v) is 3.85. The molecule has 0 fully saturated rings. The first-order valence-corrected chi connectivity index (χ1v) is 10.0. The van der Waals surface area contributed by atoms with Gasteiger partial charge in [0.2, 0.25) is 0 Å². The highest BCUT2D eigenvalue weighted by Gasteiger charge is 2.31. The molecule has 0 saturated carbocycles. The topological polar surface area (TPSA) is 50.7 Å². The first kappa shape index (κ1) is 27.8. The second-order valence-corrected chi connectivity index (χ2v) is 6.19. The third kappa shape index (κ3) is 8.24. The maximum atomic E-state index is 12.3. The van der Waals surface area contributed by atoms with Crippen molar-refractivity contribution in [1.82, 2.24) is 5.32 Å². The van der Waals surface area contributed by atoms with Crippen molar-refractivity contribution in [2.75, 3.05) is 14.2 Å². The van der Waals surface area contributed by atoms with Crippen LogP contribution in [0, 0.1) is 6.92 Å². The number of hydrogen-bond donors (Lipinski definition) is 2. The van der Waals surface area contributed by atoms with E-state index in [0.29, 0.717) is 17.9 Å². The number of benzene rings is 2. The van der Waals surface area contributed by atoms with Crippen LogP contribution in [-0.2, 0) is 13.2 Å². The highest BCUT2D eigenvalue weighted by Crippen LogP contribution is 2.36. The molecule has 0 radical (unpaired) electrons. The van der Waals surface area contributed by atoms with Crippen molar-refractivity contribution in [3.63, 3.8) is 0 Å². The van der Waals surface area contributed by atoms with Crippen LogP contribution >= 0.6 is 0 Å². The van der Waals surface area contributed by atoms with Gasteiger partial charge in [0, 0.05) is 12.1 Å². The first-order chi connectivity index (χ1) is 14.2. The summed E-state index contributed by atoms with van der Waals surface area (Å²) in [7, 11) is 3.31. The van der Waals surface area contributed by atoms with Gasteiger partial charge in [-0.2, -0.15) is 0 Å². The van der Waals surface area contributed by atoms with Gasteiger partial charge in [-0.1, -0.05) is 46.2 Å². The van der Waals surface area contributed by atoms with Gasteiger partial charge in [-0.25, -0.2) is 0 Å². The molecule has 0 atom stereocenters. The molecule has 30 heavy (non-hydrogen) atoms. The van der Waals surface area contributed by atoms with Crippen molar-refractivity contribution in [2.45, 2.75) is 60.6 Å². The Balaban J connectivity index is 0.00000154. The Hall–Kier alpha value is -2.25. The number of aliphatic hydroxyl groups is 1. The van der Waals surface area contributed by atoms with E-state index in [1.54, 1.807) is 19.2 Å². The third-order valence-electron chi connectivity index (χ3n) is 3.85. The molecule has 0 aromatic heterocycles. The lowest BCUT2D eigenvalue weighted by atomic mass is 9.93. The largest absolute Gasteiger partial charge is 0.573 e. The molecule has 0 spiro atoms. The number of ether oxygens (including phenoxy) is 2. The van der Waals surface area contributed by atoms with Crippen LogP contribution < -0.4 is 14.8 Å². The van der Waals surface area contributed by atoms with Crippen molar-refractivity contribution in [1.29, 1.82) is 0 Å². The molecule has 0 aliphatic rings. The minimum Gasteiger partial charge on any atom is -0.496 e. The smallest absolute Gasteiger partial charge is 0.496 e. The molecule has 2 aromatic carbocycles. The normalized spacial score (nSPS) is 10.4. The lowest BCUT2D eigenvalue weighted by molar-refractivity contribution is -0.274. The summed E-state index contributed by atoms with van der Waals surface area (Å²) in [6, 6.07) is 7.56. The number of hydrogen-bond acceptors (Lipinski definition) is 4. The van der Waals surface area contributed by atoms with E-state index in [-0.39, 0.29) is 12.4 Å². The van der Waals surface area contributed by atoms with Gasteiger partial charge in [0.25, 0.3) is 0 Å². The summed E-state index contributed by atoms with van der Waals surface area (Å²) in [5, 5.41) is 12.7. The Morgan fingerprint density at radius 3 is 2.00 bits per heavy atom. The predicted octanol–water partition coefficient (Wildman–Crippen LogP) is 6.22. The number of alkyl halides is 3. The SMILES string of the molecule is CC.CCC.CNCc1cc(-c2ccc(OC(F)(F)F)cc2)c(C)c(OC)c1CO. The van der Waals surface area contributed by atoms with E-state index in [2.05, 4.69) is 23.9 Å². The monoisotopic (exact) mass is 429 g/mol. The van der Waals surface area contributed by atoms with E-state index in [1.807, 2.05) is 26.8 Å². The average Bonchev–Trinajstić information content (AvgIpc) is 2.70. The molecule has 4 nitrogen and oxygen atoms in total. The van der Waals surface area contributed by atoms with E-state index in [4.69, 9.17) is 4.74 Å². The van der Waals surface area contributed by atoms with Crippen LogP contribution in [0.3, 0.4) is 0 Å². The molecule has 0 amide bonds. The minimum absolute atomic E-state index is 0.167. The first-order valence-electron chi connectivity index (χ1n) is 10.0. The number of aliphatic hydroxyl groups excluding tert-OH is 1. The molecule has 7 heteroatoms. The van der Waals surface area contributed by atoms with Crippen LogP contribution in [0.25, 0.3) is 11.1 Å². The van der Waals surface area contributed by atoms with Gasteiger partial charge in [0.1, 0.15) is 11.5 Å². The molecule has 0 unspecified atom stereocenters. The van der Waals surface area contributed by atoms with Crippen molar-refractivity contribution in [3.05, 3.63) is 47.0 Å². The van der Waals surface area contributed by atoms with Gasteiger partial charge in [-0.3, -0.25) is 0 Å². The second kappa shape index (κ2) is 13.9. The summed E-state index contributed by atoms with van der Waals surface area (Å²) in [6.07, 6.45) is -3.47. The van der Waals surface area contributed by atoms with Gasteiger partial charge in [0.15, 0.2) is 0 Å². The molecule has 0 aliphatic heterocycles. The molecule has 2 aromatic rings. The highest BCUT2D eigenvalue weighted by molar-refractivity contribution is 5.73. The molecule has 2 N–H and O–H groups in total. The fraction of sp³-hybridized carbons (Fsp3) is 0.478. The average molecular weight is 430 g/mol. The lowest BCUT2D eigenvalue weighted by Crippen LogP contribution is -2.16. The van der Waals surface area contributed by atoms with Crippen LogP contribution in [0.5, 0.6) is 11.5 Å². The molecular formula is C23H34F3NO3. The fourth-order valence-corrected chi connectivity index (χ4v) is 2.80. The Kier molecular flexibility index (Phi) is 12.8. The van der Waals surface area contributed by atoms with E-state index in [0.717, 1.165) is 22.3 Å². The summed E-state index contributed by atoms with van der Waals surface area (Å²) in [6.45, 7) is 10.4. The summed E-state index contributed by atoms with van der Waals surface area (Å²) >= 11 is 0. The summed E-state index contributed by atoms with van der Waals surface area (Å²) < 4.78 is 46.2. The van der Waals surface area contributed by atoms with Crippen molar-refractivity contribution >= 4 is 0 Å².